The van der Waals surface area contributed by atoms with Gasteiger partial charge in [-0.15, -0.1) is 0 Å². The van der Waals surface area contributed by atoms with Crippen LogP contribution in [0.5, 0.6) is 0 Å². The van der Waals surface area contributed by atoms with E-state index in [-0.39, 0.29) is 22.9 Å². The van der Waals surface area contributed by atoms with Gasteiger partial charge in [-0.25, -0.2) is 4.79 Å². The zero-order chi connectivity index (χ0) is 21.3. The molecule has 0 saturated heterocycles. The smallest absolute Gasteiger partial charge is 0.332 e. The van der Waals surface area contributed by atoms with Crippen LogP contribution in [0.15, 0.2) is 9.59 Å². The van der Waals surface area contributed by atoms with E-state index in [1.54, 1.807) is 0 Å². The number of carbonyl (C=O) groups is 2. The zero-order valence-corrected chi connectivity index (χ0v) is 15.6. The molecule has 150 valence electrons. The topological polar surface area (TPSA) is 174 Å². The van der Waals surface area contributed by atoms with Gasteiger partial charge in [0.2, 0.25) is 5.78 Å². The molecule has 28 heavy (non-hydrogen) atoms. The predicted molar refractivity (Wildman–Crippen MR) is 95.0 cm³/mol. The van der Waals surface area contributed by atoms with Crippen LogP contribution in [0.25, 0.3) is 0 Å². The summed E-state index contributed by atoms with van der Waals surface area (Å²) in [7, 11) is 2.47. The van der Waals surface area contributed by atoms with Crippen LogP contribution in [0.4, 0.5) is 11.5 Å². The molecule has 0 amide bonds. The van der Waals surface area contributed by atoms with Crippen molar-refractivity contribution < 1.29 is 19.2 Å². The molecule has 0 aliphatic carbocycles. The van der Waals surface area contributed by atoms with Crippen molar-refractivity contribution in [3.8, 4) is 0 Å². The Morgan fingerprint density at radius 1 is 1.21 bits per heavy atom. The quantitative estimate of drug-likeness (QED) is 0.273. The van der Waals surface area contributed by atoms with Gasteiger partial charge < -0.3 is 10.5 Å². The number of ether oxygens (including phenoxy) is 1. The number of anilines is 1. The highest BCUT2D eigenvalue weighted by atomic mass is 16.6. The molecule has 0 atom stereocenters. The van der Waals surface area contributed by atoms with Gasteiger partial charge >= 0.3 is 17.3 Å². The van der Waals surface area contributed by atoms with Crippen molar-refractivity contribution in [1.29, 1.82) is 0 Å². The SMILES string of the molecule is Cc1nn(CC(=O)OCC(=O)c2c(N)n(C)c(=O)n(C)c2=O)c(C)c1[N+](=O)[O-]. The molecule has 0 unspecified atom stereocenters. The molecule has 2 N–H and O–H groups in total. The average Bonchev–Trinajstić information content (AvgIpc) is 2.90. The van der Waals surface area contributed by atoms with Crippen molar-refractivity contribution in [2.24, 2.45) is 14.1 Å². The zero-order valence-electron chi connectivity index (χ0n) is 15.6. The second-order valence-corrected chi connectivity index (χ2v) is 5.98. The minimum absolute atomic E-state index is 0.132. The van der Waals surface area contributed by atoms with Gasteiger partial charge in [0, 0.05) is 14.1 Å². The molecule has 13 heteroatoms. The van der Waals surface area contributed by atoms with Gasteiger partial charge in [-0.05, 0) is 13.8 Å². The minimum Gasteiger partial charge on any atom is -0.456 e. The molecule has 2 heterocycles. The van der Waals surface area contributed by atoms with Crippen molar-refractivity contribution in [3.05, 3.63) is 47.9 Å². The monoisotopic (exact) mass is 394 g/mol. The van der Waals surface area contributed by atoms with Crippen LogP contribution in [0.1, 0.15) is 21.7 Å². The van der Waals surface area contributed by atoms with E-state index in [0.717, 1.165) is 9.25 Å². The first-order valence-electron chi connectivity index (χ1n) is 7.90. The number of esters is 1. The van der Waals surface area contributed by atoms with Crippen LogP contribution >= 0.6 is 0 Å². The van der Waals surface area contributed by atoms with Gasteiger partial charge in [0.1, 0.15) is 29.3 Å². The van der Waals surface area contributed by atoms with Crippen LogP contribution < -0.4 is 17.0 Å². The average molecular weight is 394 g/mol. The van der Waals surface area contributed by atoms with Gasteiger partial charge in [0.25, 0.3) is 5.56 Å². The van der Waals surface area contributed by atoms with Gasteiger partial charge in [0.05, 0.1) is 4.92 Å². The third kappa shape index (κ3) is 3.54. The fraction of sp³-hybridized carbons (Fsp3) is 0.400. The summed E-state index contributed by atoms with van der Waals surface area (Å²) in [5, 5.41) is 14.9. The van der Waals surface area contributed by atoms with Crippen molar-refractivity contribution in [2.75, 3.05) is 12.3 Å². The number of aromatic nitrogens is 4. The molecule has 2 aromatic rings. The number of aryl methyl sites for hydroxylation is 1. The Morgan fingerprint density at radius 2 is 1.82 bits per heavy atom. The van der Waals surface area contributed by atoms with E-state index in [9.17, 15) is 29.3 Å². The summed E-state index contributed by atoms with van der Waals surface area (Å²) >= 11 is 0. The predicted octanol–water partition coefficient (Wildman–Crippen LogP) is -1.19. The van der Waals surface area contributed by atoms with E-state index in [4.69, 9.17) is 10.5 Å². The van der Waals surface area contributed by atoms with Crippen molar-refractivity contribution >= 4 is 23.3 Å². The summed E-state index contributed by atoms with van der Waals surface area (Å²) in [6, 6.07) is 0. The molecule has 0 spiro atoms. The molecule has 2 rings (SSSR count). The first-order chi connectivity index (χ1) is 13.0. The van der Waals surface area contributed by atoms with E-state index in [2.05, 4.69) is 5.10 Å². The Bertz CT molecular complexity index is 1110. The Balaban J connectivity index is 2.16. The lowest BCUT2D eigenvalue weighted by atomic mass is 10.2. The molecule has 13 nitrogen and oxygen atoms in total. The van der Waals surface area contributed by atoms with Gasteiger partial charge in [0.15, 0.2) is 6.61 Å². The highest BCUT2D eigenvalue weighted by Crippen LogP contribution is 2.21. The van der Waals surface area contributed by atoms with Gasteiger partial charge in [-0.2, -0.15) is 5.10 Å². The van der Waals surface area contributed by atoms with Crippen molar-refractivity contribution in [3.63, 3.8) is 0 Å². The van der Waals surface area contributed by atoms with Crippen molar-refractivity contribution in [2.45, 2.75) is 20.4 Å². The summed E-state index contributed by atoms with van der Waals surface area (Å²) in [5.74, 6) is -2.13. The lowest BCUT2D eigenvalue weighted by molar-refractivity contribution is -0.386. The standard InChI is InChI=1S/C15H18N6O7/c1-7-12(21(26)27)8(2)20(17-7)5-10(23)28-6-9(22)11-13(16)18(3)15(25)19(4)14(11)24/h5-6,16H2,1-4H3. The second-order valence-electron chi connectivity index (χ2n) is 5.98. The molecule has 0 radical (unpaired) electrons. The molecule has 0 saturated carbocycles. The maximum absolute atomic E-state index is 12.3. The fourth-order valence-electron chi connectivity index (χ4n) is 2.61. The van der Waals surface area contributed by atoms with Gasteiger partial charge in [-0.3, -0.25) is 38.3 Å². The molecule has 0 fully saturated rings. The molecule has 0 aromatic carbocycles. The molecular weight excluding hydrogens is 376 g/mol. The Morgan fingerprint density at radius 3 is 2.36 bits per heavy atom. The normalized spacial score (nSPS) is 10.7. The first-order valence-corrected chi connectivity index (χ1v) is 7.90. The lowest BCUT2D eigenvalue weighted by Crippen LogP contribution is -2.42. The lowest BCUT2D eigenvalue weighted by Gasteiger charge is -2.11. The number of Topliss-reactive ketones (excluding diaryl/α,β-unsaturated/α-hetero) is 1. The maximum Gasteiger partial charge on any atom is 0.332 e. The van der Waals surface area contributed by atoms with E-state index >= 15 is 0 Å². The Hall–Kier alpha value is -3.77. The molecule has 2 aromatic heterocycles. The highest BCUT2D eigenvalue weighted by molar-refractivity contribution is 6.01. The van der Waals surface area contributed by atoms with E-state index in [0.29, 0.717) is 4.57 Å². The number of nitrogens with two attached hydrogens (primary N) is 1. The number of hydrogen-bond donors (Lipinski definition) is 1. The maximum atomic E-state index is 12.3. The number of rotatable bonds is 6. The summed E-state index contributed by atoms with van der Waals surface area (Å²) in [4.78, 5) is 58.5. The largest absolute Gasteiger partial charge is 0.456 e. The minimum atomic E-state index is -0.907. The third-order valence-corrected chi connectivity index (χ3v) is 4.16. The summed E-state index contributed by atoms with van der Waals surface area (Å²) in [6.07, 6.45) is 0. The summed E-state index contributed by atoms with van der Waals surface area (Å²) in [5.41, 5.74) is 3.65. The fourth-order valence-corrected chi connectivity index (χ4v) is 2.61. The third-order valence-electron chi connectivity index (χ3n) is 4.16. The number of carbonyl (C=O) groups excluding carboxylic acids is 2. The number of nitrogen functional groups attached to an aromatic ring is 1. The number of hydrogen-bond acceptors (Lipinski definition) is 9. The second kappa shape index (κ2) is 7.46. The Kier molecular flexibility index (Phi) is 5.47. The molecule has 0 aliphatic rings. The van der Waals surface area contributed by atoms with E-state index in [1.165, 1.54) is 27.9 Å². The summed E-state index contributed by atoms with van der Waals surface area (Å²) < 4.78 is 7.55. The van der Waals surface area contributed by atoms with E-state index in [1.807, 2.05) is 0 Å². The molecular formula is C15H18N6O7. The number of nitro groups is 1. The molecule has 0 bridgehead atoms. The van der Waals surface area contributed by atoms with Crippen LogP contribution in [-0.2, 0) is 30.2 Å². The number of nitrogens with zero attached hydrogens (tertiary/aromatic N) is 5. The van der Waals surface area contributed by atoms with Gasteiger partial charge in [-0.1, -0.05) is 0 Å². The van der Waals surface area contributed by atoms with Crippen LogP contribution in [0.3, 0.4) is 0 Å². The van der Waals surface area contributed by atoms with Crippen LogP contribution in [0, 0.1) is 24.0 Å². The Labute approximate surface area is 157 Å². The first kappa shape index (κ1) is 20.5. The summed E-state index contributed by atoms with van der Waals surface area (Å²) in [6.45, 7) is 1.59. The van der Waals surface area contributed by atoms with Crippen LogP contribution in [0.2, 0.25) is 0 Å². The van der Waals surface area contributed by atoms with Crippen molar-refractivity contribution in [1.82, 2.24) is 18.9 Å². The highest BCUT2D eigenvalue weighted by Gasteiger charge is 2.24. The molecule has 0 aliphatic heterocycles. The van der Waals surface area contributed by atoms with Crippen LogP contribution in [-0.4, -0.2) is 42.2 Å². The van der Waals surface area contributed by atoms with E-state index < -0.39 is 46.6 Å². The number of ketones is 1.